The Morgan fingerprint density at radius 3 is 2.87 bits per heavy atom. The van der Waals surface area contributed by atoms with E-state index >= 15 is 0 Å². The lowest BCUT2D eigenvalue weighted by atomic mass is 10.0. The normalized spacial score (nSPS) is 22.6. The van der Waals surface area contributed by atoms with Gasteiger partial charge in [-0.3, -0.25) is 4.79 Å². The zero-order valence-corrected chi connectivity index (χ0v) is 10.0. The third-order valence-corrected chi connectivity index (χ3v) is 3.33. The first-order valence-electron chi connectivity index (χ1n) is 6.26. The second-order valence-corrected chi connectivity index (χ2v) is 4.48. The average molecular weight is 212 g/mol. The van der Waals surface area contributed by atoms with Crippen molar-refractivity contribution in [1.82, 2.24) is 10.6 Å². The first-order valence-corrected chi connectivity index (χ1v) is 6.26. The number of carbonyl (C=O) groups is 1. The van der Waals surface area contributed by atoms with Crippen molar-refractivity contribution in [1.29, 1.82) is 0 Å². The number of hydrogen-bond acceptors (Lipinski definition) is 2. The number of rotatable bonds is 5. The Kier molecular flexibility index (Phi) is 5.69. The van der Waals surface area contributed by atoms with Gasteiger partial charge in [-0.25, -0.2) is 0 Å². The molecule has 15 heavy (non-hydrogen) atoms. The second-order valence-electron chi connectivity index (χ2n) is 4.48. The molecule has 1 aliphatic rings. The van der Waals surface area contributed by atoms with E-state index in [1.54, 1.807) is 0 Å². The number of amides is 1. The van der Waals surface area contributed by atoms with Crippen molar-refractivity contribution in [2.45, 2.75) is 52.0 Å². The van der Waals surface area contributed by atoms with Gasteiger partial charge in [0.15, 0.2) is 0 Å². The number of hydrogen-bond donors (Lipinski definition) is 2. The smallest absolute Gasteiger partial charge is 0.221 e. The quantitative estimate of drug-likeness (QED) is 0.728. The van der Waals surface area contributed by atoms with Gasteiger partial charge in [0.2, 0.25) is 5.91 Å². The van der Waals surface area contributed by atoms with Crippen molar-refractivity contribution in [3.8, 4) is 0 Å². The molecule has 0 radical (unpaired) electrons. The van der Waals surface area contributed by atoms with Crippen LogP contribution in [-0.2, 0) is 4.79 Å². The molecule has 2 N–H and O–H groups in total. The highest BCUT2D eigenvalue weighted by atomic mass is 16.1. The lowest BCUT2D eigenvalue weighted by Crippen LogP contribution is -2.35. The minimum atomic E-state index is 0.203. The Hall–Kier alpha value is -0.570. The molecule has 0 spiro atoms. The van der Waals surface area contributed by atoms with Crippen LogP contribution in [0.3, 0.4) is 0 Å². The summed E-state index contributed by atoms with van der Waals surface area (Å²) in [7, 11) is 0. The van der Waals surface area contributed by atoms with Gasteiger partial charge in [0.25, 0.3) is 0 Å². The highest BCUT2D eigenvalue weighted by molar-refractivity contribution is 5.76. The van der Waals surface area contributed by atoms with Gasteiger partial charge in [0, 0.05) is 19.0 Å². The molecule has 1 saturated heterocycles. The standard InChI is InChI=1S/C12H24N2O/c1-3-10(4-2)9-14-11-6-5-7-13-12(15)8-11/h10-11,14H,3-9H2,1-2H3,(H,13,15). The van der Waals surface area contributed by atoms with Crippen LogP contribution in [0.4, 0.5) is 0 Å². The predicted octanol–water partition coefficient (Wildman–Crippen LogP) is 1.68. The molecule has 3 heteroatoms. The molecule has 88 valence electrons. The van der Waals surface area contributed by atoms with Crippen molar-refractivity contribution in [2.75, 3.05) is 13.1 Å². The summed E-state index contributed by atoms with van der Waals surface area (Å²) in [5.41, 5.74) is 0. The van der Waals surface area contributed by atoms with E-state index in [4.69, 9.17) is 0 Å². The summed E-state index contributed by atoms with van der Waals surface area (Å²) >= 11 is 0. The van der Waals surface area contributed by atoms with Crippen LogP contribution in [0.5, 0.6) is 0 Å². The monoisotopic (exact) mass is 212 g/mol. The maximum Gasteiger partial charge on any atom is 0.221 e. The molecule has 1 rings (SSSR count). The Morgan fingerprint density at radius 1 is 1.47 bits per heavy atom. The zero-order chi connectivity index (χ0) is 11.1. The van der Waals surface area contributed by atoms with Crippen molar-refractivity contribution >= 4 is 5.91 Å². The molecule has 0 aromatic rings. The summed E-state index contributed by atoms with van der Waals surface area (Å²) in [6.45, 7) is 6.37. The van der Waals surface area contributed by atoms with Gasteiger partial charge in [-0.1, -0.05) is 26.7 Å². The van der Waals surface area contributed by atoms with E-state index in [1.807, 2.05) is 0 Å². The number of carbonyl (C=O) groups excluding carboxylic acids is 1. The summed E-state index contributed by atoms with van der Waals surface area (Å²) in [5, 5.41) is 6.44. The van der Waals surface area contributed by atoms with Gasteiger partial charge in [-0.2, -0.15) is 0 Å². The first-order chi connectivity index (χ1) is 7.26. The highest BCUT2D eigenvalue weighted by Crippen LogP contribution is 2.09. The topological polar surface area (TPSA) is 41.1 Å². The van der Waals surface area contributed by atoms with Crippen molar-refractivity contribution in [3.05, 3.63) is 0 Å². The maximum atomic E-state index is 11.3. The van der Waals surface area contributed by atoms with Crippen LogP contribution in [0, 0.1) is 5.92 Å². The Labute approximate surface area is 93.0 Å². The molecule has 0 bridgehead atoms. The maximum absolute atomic E-state index is 11.3. The van der Waals surface area contributed by atoms with E-state index in [-0.39, 0.29) is 5.91 Å². The third-order valence-electron chi connectivity index (χ3n) is 3.33. The Balaban J connectivity index is 2.26. The minimum absolute atomic E-state index is 0.203. The molecule has 1 atom stereocenters. The van der Waals surface area contributed by atoms with Crippen LogP contribution in [-0.4, -0.2) is 25.0 Å². The van der Waals surface area contributed by atoms with Gasteiger partial charge < -0.3 is 10.6 Å². The average Bonchev–Trinajstić information content (AvgIpc) is 2.44. The molecule has 1 amide bonds. The van der Waals surface area contributed by atoms with Gasteiger partial charge in [0.05, 0.1) is 0 Å². The predicted molar refractivity (Wildman–Crippen MR) is 62.7 cm³/mol. The summed E-state index contributed by atoms with van der Waals surface area (Å²) in [5.74, 6) is 0.964. The molecule has 0 aromatic carbocycles. The fourth-order valence-electron chi connectivity index (χ4n) is 2.06. The molecule has 1 unspecified atom stereocenters. The minimum Gasteiger partial charge on any atom is -0.356 e. The molecular weight excluding hydrogens is 188 g/mol. The molecule has 0 aromatic heterocycles. The van der Waals surface area contributed by atoms with Gasteiger partial charge in [0.1, 0.15) is 0 Å². The summed E-state index contributed by atoms with van der Waals surface area (Å²) in [6, 6.07) is 0.396. The molecular formula is C12H24N2O. The van der Waals surface area contributed by atoms with Crippen LogP contribution in [0.1, 0.15) is 46.0 Å². The molecule has 1 aliphatic heterocycles. The van der Waals surface area contributed by atoms with Crippen LogP contribution in [0.25, 0.3) is 0 Å². The van der Waals surface area contributed by atoms with Crippen LogP contribution < -0.4 is 10.6 Å². The summed E-state index contributed by atoms with van der Waals surface area (Å²) in [4.78, 5) is 11.3. The van der Waals surface area contributed by atoms with Gasteiger partial charge in [-0.15, -0.1) is 0 Å². The Bertz CT molecular complexity index is 190. The first kappa shape index (κ1) is 12.5. The largest absolute Gasteiger partial charge is 0.356 e. The van der Waals surface area contributed by atoms with E-state index in [0.717, 1.165) is 31.8 Å². The molecule has 0 saturated carbocycles. The molecule has 1 heterocycles. The van der Waals surface area contributed by atoms with Gasteiger partial charge in [-0.05, 0) is 25.3 Å². The van der Waals surface area contributed by atoms with E-state index in [1.165, 1.54) is 12.8 Å². The van der Waals surface area contributed by atoms with Crippen LogP contribution >= 0.6 is 0 Å². The van der Waals surface area contributed by atoms with Crippen molar-refractivity contribution in [2.24, 2.45) is 5.92 Å². The second kappa shape index (κ2) is 6.83. The lowest BCUT2D eigenvalue weighted by Gasteiger charge is -2.19. The lowest BCUT2D eigenvalue weighted by molar-refractivity contribution is -0.121. The molecule has 3 nitrogen and oxygen atoms in total. The number of nitrogens with one attached hydrogen (secondary N) is 2. The van der Waals surface area contributed by atoms with Crippen molar-refractivity contribution < 1.29 is 4.79 Å². The van der Waals surface area contributed by atoms with Crippen molar-refractivity contribution in [3.63, 3.8) is 0 Å². The highest BCUT2D eigenvalue weighted by Gasteiger charge is 2.17. The van der Waals surface area contributed by atoms with E-state index in [9.17, 15) is 4.79 Å². The van der Waals surface area contributed by atoms with E-state index in [0.29, 0.717) is 12.5 Å². The van der Waals surface area contributed by atoms with Gasteiger partial charge >= 0.3 is 0 Å². The van der Waals surface area contributed by atoms with Crippen LogP contribution in [0.2, 0.25) is 0 Å². The molecule has 1 fully saturated rings. The van der Waals surface area contributed by atoms with Crippen LogP contribution in [0.15, 0.2) is 0 Å². The fraction of sp³-hybridized carbons (Fsp3) is 0.917. The Morgan fingerprint density at radius 2 is 2.20 bits per heavy atom. The molecule has 0 aliphatic carbocycles. The third kappa shape index (κ3) is 4.65. The zero-order valence-electron chi connectivity index (χ0n) is 10.0. The van der Waals surface area contributed by atoms with E-state index in [2.05, 4.69) is 24.5 Å². The summed E-state index contributed by atoms with van der Waals surface area (Å²) < 4.78 is 0. The van der Waals surface area contributed by atoms with E-state index < -0.39 is 0 Å². The fourth-order valence-corrected chi connectivity index (χ4v) is 2.06. The summed E-state index contributed by atoms with van der Waals surface area (Å²) in [6.07, 6.45) is 5.33. The SMILES string of the molecule is CCC(CC)CNC1CCCNC(=O)C1.